The van der Waals surface area contributed by atoms with Gasteiger partial charge in [0.25, 0.3) is 0 Å². The summed E-state index contributed by atoms with van der Waals surface area (Å²) in [6, 6.07) is 11.2. The Bertz CT molecular complexity index is 649. The molecule has 1 saturated carbocycles. The molecule has 3 heteroatoms. The molecule has 4 rings (SSSR count). The molecule has 1 aromatic heterocycles. The number of hydrogen-bond donors (Lipinski definition) is 1. The van der Waals surface area contributed by atoms with Gasteiger partial charge in [-0.05, 0) is 61.4 Å². The molecule has 1 aromatic carbocycles. The Morgan fingerprint density at radius 3 is 2.95 bits per heavy atom. The zero-order valence-electron chi connectivity index (χ0n) is 12.1. The zero-order valence-corrected chi connectivity index (χ0v) is 12.1. The lowest BCUT2D eigenvalue weighted by atomic mass is 10.1. The van der Waals surface area contributed by atoms with Crippen molar-refractivity contribution < 1.29 is 4.74 Å². The van der Waals surface area contributed by atoms with E-state index in [0.717, 1.165) is 23.7 Å². The average molecular weight is 280 g/mol. The summed E-state index contributed by atoms with van der Waals surface area (Å²) in [6.45, 7) is 0.832. The van der Waals surface area contributed by atoms with Crippen LogP contribution in [0.4, 0.5) is 0 Å². The molecule has 21 heavy (non-hydrogen) atoms. The standard InChI is InChI=1S/C18H20N2O/c1-3-13-6-9-17(11-14(13)4-1)21-18-15(5-2-10-19-18)12-20-16-7-8-16/h2,5-6,9-11,16,20H,1,3-4,7-8,12H2. The number of aryl methyl sites for hydroxylation is 2. The first-order chi connectivity index (χ1) is 10.4. The second kappa shape index (κ2) is 5.49. The summed E-state index contributed by atoms with van der Waals surface area (Å²) >= 11 is 0. The van der Waals surface area contributed by atoms with Crippen LogP contribution in [0.1, 0.15) is 36.0 Å². The summed E-state index contributed by atoms with van der Waals surface area (Å²) in [6.07, 6.45) is 8.02. The molecule has 2 aromatic rings. The number of nitrogens with zero attached hydrogens (tertiary/aromatic N) is 1. The van der Waals surface area contributed by atoms with Gasteiger partial charge in [0.15, 0.2) is 0 Å². The molecule has 0 radical (unpaired) electrons. The van der Waals surface area contributed by atoms with E-state index in [2.05, 4.69) is 34.6 Å². The Hall–Kier alpha value is -1.87. The van der Waals surface area contributed by atoms with Crippen LogP contribution in [0.2, 0.25) is 0 Å². The molecule has 1 N–H and O–H groups in total. The number of nitrogens with one attached hydrogen (secondary N) is 1. The van der Waals surface area contributed by atoms with Gasteiger partial charge in [-0.1, -0.05) is 12.1 Å². The lowest BCUT2D eigenvalue weighted by molar-refractivity contribution is 0.452. The van der Waals surface area contributed by atoms with E-state index in [9.17, 15) is 0 Å². The molecular formula is C18H20N2O. The maximum absolute atomic E-state index is 6.04. The minimum atomic E-state index is 0.693. The van der Waals surface area contributed by atoms with Gasteiger partial charge in [0.2, 0.25) is 5.88 Å². The second-order valence-corrected chi connectivity index (χ2v) is 6.01. The summed E-state index contributed by atoms with van der Waals surface area (Å²) in [4.78, 5) is 4.40. The molecule has 3 nitrogen and oxygen atoms in total. The molecule has 1 fully saturated rings. The second-order valence-electron chi connectivity index (χ2n) is 6.01. The number of aromatic nitrogens is 1. The first-order valence-electron chi connectivity index (χ1n) is 7.85. The topological polar surface area (TPSA) is 34.1 Å². The van der Waals surface area contributed by atoms with Crippen LogP contribution in [0.25, 0.3) is 0 Å². The third-order valence-corrected chi connectivity index (χ3v) is 4.29. The van der Waals surface area contributed by atoms with Gasteiger partial charge in [-0.2, -0.15) is 0 Å². The Morgan fingerprint density at radius 1 is 1.14 bits per heavy atom. The van der Waals surface area contributed by atoms with E-state index in [0.29, 0.717) is 6.04 Å². The van der Waals surface area contributed by atoms with Crippen molar-refractivity contribution in [2.24, 2.45) is 0 Å². The van der Waals surface area contributed by atoms with Crippen LogP contribution < -0.4 is 10.1 Å². The van der Waals surface area contributed by atoms with Crippen LogP contribution in [0, 0.1) is 0 Å². The van der Waals surface area contributed by atoms with E-state index in [-0.39, 0.29) is 0 Å². The number of benzene rings is 1. The van der Waals surface area contributed by atoms with Gasteiger partial charge in [0.05, 0.1) is 0 Å². The maximum Gasteiger partial charge on any atom is 0.223 e. The van der Waals surface area contributed by atoms with Crippen molar-refractivity contribution in [3.05, 3.63) is 53.2 Å². The predicted molar refractivity (Wildman–Crippen MR) is 82.6 cm³/mol. The van der Waals surface area contributed by atoms with Crippen molar-refractivity contribution in [2.45, 2.75) is 44.7 Å². The van der Waals surface area contributed by atoms with E-state index in [1.165, 1.54) is 43.2 Å². The first kappa shape index (κ1) is 12.8. The fraction of sp³-hybridized carbons (Fsp3) is 0.389. The summed E-state index contributed by atoms with van der Waals surface area (Å²) in [5.41, 5.74) is 4.03. The highest BCUT2D eigenvalue weighted by Crippen LogP contribution is 2.29. The molecule has 1 heterocycles. The molecule has 0 spiro atoms. The van der Waals surface area contributed by atoms with E-state index in [1.54, 1.807) is 6.20 Å². The van der Waals surface area contributed by atoms with E-state index in [4.69, 9.17) is 4.74 Å². The molecule has 0 unspecified atom stereocenters. The van der Waals surface area contributed by atoms with E-state index in [1.807, 2.05) is 6.07 Å². The predicted octanol–water partition coefficient (Wildman–Crippen LogP) is 3.61. The SMILES string of the molecule is c1cnc(Oc2ccc3c(c2)CCC3)c(CNC2CC2)c1. The first-order valence-corrected chi connectivity index (χ1v) is 7.85. The van der Waals surface area contributed by atoms with E-state index < -0.39 is 0 Å². The van der Waals surface area contributed by atoms with Crippen LogP contribution in [0.3, 0.4) is 0 Å². The average Bonchev–Trinajstić information content (AvgIpc) is 3.22. The molecule has 2 aliphatic carbocycles. The van der Waals surface area contributed by atoms with Gasteiger partial charge in [0.1, 0.15) is 5.75 Å². The van der Waals surface area contributed by atoms with Crippen molar-refractivity contribution in [3.8, 4) is 11.6 Å². The minimum absolute atomic E-state index is 0.693. The minimum Gasteiger partial charge on any atom is -0.439 e. The van der Waals surface area contributed by atoms with Crippen molar-refractivity contribution in [3.63, 3.8) is 0 Å². The summed E-state index contributed by atoms with van der Waals surface area (Å²) in [5.74, 6) is 1.63. The fourth-order valence-corrected chi connectivity index (χ4v) is 2.92. The number of rotatable bonds is 5. The van der Waals surface area contributed by atoms with Gasteiger partial charge in [0, 0.05) is 24.3 Å². The molecule has 0 bridgehead atoms. The van der Waals surface area contributed by atoms with Crippen molar-refractivity contribution in [1.82, 2.24) is 10.3 Å². The summed E-state index contributed by atoms with van der Waals surface area (Å²) < 4.78 is 6.04. The molecule has 108 valence electrons. The highest BCUT2D eigenvalue weighted by atomic mass is 16.5. The summed E-state index contributed by atoms with van der Waals surface area (Å²) in [7, 11) is 0. The lowest BCUT2D eigenvalue weighted by Gasteiger charge is -2.11. The number of ether oxygens (including phenoxy) is 1. The zero-order chi connectivity index (χ0) is 14.1. The van der Waals surface area contributed by atoms with Crippen molar-refractivity contribution >= 4 is 0 Å². The molecule has 2 aliphatic rings. The lowest BCUT2D eigenvalue weighted by Crippen LogP contribution is -2.16. The number of fused-ring (bicyclic) bond motifs is 1. The highest BCUT2D eigenvalue weighted by Gasteiger charge is 2.21. The van der Waals surface area contributed by atoms with Gasteiger partial charge in [-0.3, -0.25) is 0 Å². The fourth-order valence-electron chi connectivity index (χ4n) is 2.92. The monoisotopic (exact) mass is 280 g/mol. The molecule has 0 amide bonds. The van der Waals surface area contributed by atoms with Gasteiger partial charge in [-0.15, -0.1) is 0 Å². The van der Waals surface area contributed by atoms with Gasteiger partial charge in [-0.25, -0.2) is 4.98 Å². The van der Waals surface area contributed by atoms with Crippen LogP contribution in [-0.2, 0) is 19.4 Å². The third kappa shape index (κ3) is 2.93. The molecule has 0 saturated heterocycles. The Labute approximate surface area is 125 Å². The molecular weight excluding hydrogens is 260 g/mol. The Balaban J connectivity index is 1.53. The quantitative estimate of drug-likeness (QED) is 0.908. The summed E-state index contributed by atoms with van der Waals surface area (Å²) in [5, 5.41) is 3.52. The maximum atomic E-state index is 6.04. The van der Waals surface area contributed by atoms with Crippen LogP contribution >= 0.6 is 0 Å². The van der Waals surface area contributed by atoms with Gasteiger partial charge >= 0.3 is 0 Å². The normalized spacial score (nSPS) is 16.8. The largest absolute Gasteiger partial charge is 0.439 e. The van der Waals surface area contributed by atoms with Crippen LogP contribution in [0.15, 0.2) is 36.5 Å². The Morgan fingerprint density at radius 2 is 2.05 bits per heavy atom. The molecule has 0 atom stereocenters. The van der Waals surface area contributed by atoms with Crippen LogP contribution in [-0.4, -0.2) is 11.0 Å². The van der Waals surface area contributed by atoms with Gasteiger partial charge < -0.3 is 10.1 Å². The molecule has 0 aliphatic heterocycles. The number of pyridine rings is 1. The number of hydrogen-bond acceptors (Lipinski definition) is 3. The third-order valence-electron chi connectivity index (χ3n) is 4.29. The Kier molecular flexibility index (Phi) is 3.36. The van der Waals surface area contributed by atoms with E-state index >= 15 is 0 Å². The smallest absolute Gasteiger partial charge is 0.223 e. The van der Waals surface area contributed by atoms with Crippen LogP contribution in [0.5, 0.6) is 11.6 Å². The highest BCUT2D eigenvalue weighted by molar-refractivity contribution is 5.40. The van der Waals surface area contributed by atoms with Crippen molar-refractivity contribution in [1.29, 1.82) is 0 Å². The van der Waals surface area contributed by atoms with Crippen molar-refractivity contribution in [2.75, 3.05) is 0 Å².